The molecule has 0 amide bonds. The first-order valence-electron chi connectivity index (χ1n) is 8.11. The normalized spacial score (nSPS) is 12.6. The molecule has 0 bridgehead atoms. The molecule has 2 aromatic carbocycles. The summed E-state index contributed by atoms with van der Waals surface area (Å²) in [6.07, 6.45) is 0. The second-order valence-electron chi connectivity index (χ2n) is 5.22. The molecule has 136 valence electrons. The summed E-state index contributed by atoms with van der Waals surface area (Å²) in [6, 6.07) is 14.2. The van der Waals surface area contributed by atoms with Gasteiger partial charge in [-0.15, -0.1) is 0 Å². The highest BCUT2D eigenvalue weighted by molar-refractivity contribution is 7.54. The van der Waals surface area contributed by atoms with Gasteiger partial charge in [0.25, 0.3) is 0 Å². The third-order valence-electron chi connectivity index (χ3n) is 3.53. The smallest absolute Gasteiger partial charge is 0.357 e. The van der Waals surface area contributed by atoms with E-state index in [2.05, 4.69) is 5.32 Å². The molecule has 0 spiro atoms. The van der Waals surface area contributed by atoms with Gasteiger partial charge < -0.3 is 24.2 Å². The lowest BCUT2D eigenvalue weighted by Gasteiger charge is -2.28. The molecule has 0 saturated carbocycles. The number of nitrogens with one attached hydrogen (secondary N) is 1. The van der Waals surface area contributed by atoms with Gasteiger partial charge in [0.15, 0.2) is 17.3 Å². The van der Waals surface area contributed by atoms with E-state index in [0.29, 0.717) is 5.56 Å². The molecule has 0 heterocycles. The average Bonchev–Trinajstić information content (AvgIpc) is 2.61. The molecule has 6 nitrogen and oxygen atoms in total. The van der Waals surface area contributed by atoms with Crippen LogP contribution < -0.4 is 10.1 Å². The summed E-state index contributed by atoms with van der Waals surface area (Å²) in [7, 11) is -2.05. The van der Waals surface area contributed by atoms with Crippen LogP contribution in [0.5, 0.6) is 11.5 Å². The Bertz CT molecular complexity index is 713. The first-order chi connectivity index (χ1) is 12.0. The molecule has 0 aromatic heterocycles. The number of ether oxygens (including phenoxy) is 1. The lowest BCUT2D eigenvalue weighted by Crippen LogP contribution is -2.15. The highest BCUT2D eigenvalue weighted by atomic mass is 31.2. The van der Waals surface area contributed by atoms with Crippen LogP contribution in [-0.2, 0) is 13.6 Å². The number of methoxy groups -OCH3 is 1. The van der Waals surface area contributed by atoms with Gasteiger partial charge in [-0.05, 0) is 43.7 Å². The Kier molecular flexibility index (Phi) is 6.88. The summed E-state index contributed by atoms with van der Waals surface area (Å²) in [5.41, 5.74) is 1.41. The Balaban J connectivity index is 2.49. The second-order valence-corrected chi connectivity index (χ2v) is 7.33. The van der Waals surface area contributed by atoms with E-state index < -0.39 is 13.4 Å². The molecule has 25 heavy (non-hydrogen) atoms. The molecule has 1 unspecified atom stereocenters. The van der Waals surface area contributed by atoms with Crippen molar-refractivity contribution >= 4 is 13.3 Å². The summed E-state index contributed by atoms with van der Waals surface area (Å²) in [5.74, 6) is -0.450. The van der Waals surface area contributed by atoms with Gasteiger partial charge in [-0.25, -0.2) is 0 Å². The highest BCUT2D eigenvalue weighted by Gasteiger charge is 2.37. The lowest BCUT2D eigenvalue weighted by atomic mass is 10.2. The average molecular weight is 365 g/mol. The highest BCUT2D eigenvalue weighted by Crippen LogP contribution is 2.61. The predicted octanol–water partition coefficient (Wildman–Crippen LogP) is 4.78. The second kappa shape index (κ2) is 8.90. The summed E-state index contributed by atoms with van der Waals surface area (Å²) < 4.78 is 29.6. The summed E-state index contributed by atoms with van der Waals surface area (Å²) in [4.78, 5) is 0. The van der Waals surface area contributed by atoms with E-state index in [1.807, 2.05) is 30.3 Å². The fraction of sp³-hybridized carbons (Fsp3) is 0.333. The van der Waals surface area contributed by atoms with Crippen molar-refractivity contribution in [1.29, 1.82) is 0 Å². The molecule has 0 radical (unpaired) electrons. The van der Waals surface area contributed by atoms with E-state index >= 15 is 0 Å². The first-order valence-corrected chi connectivity index (χ1v) is 9.72. The van der Waals surface area contributed by atoms with E-state index in [9.17, 15) is 9.67 Å². The minimum Gasteiger partial charge on any atom is -0.504 e. The number of para-hydroxylation sites is 1. The van der Waals surface area contributed by atoms with Crippen LogP contribution in [0.4, 0.5) is 5.69 Å². The maximum absolute atomic E-state index is 13.4. The number of benzene rings is 2. The van der Waals surface area contributed by atoms with E-state index in [1.54, 1.807) is 26.0 Å². The molecule has 0 aliphatic heterocycles. The molecule has 7 heteroatoms. The maximum Gasteiger partial charge on any atom is 0.357 e. The summed E-state index contributed by atoms with van der Waals surface area (Å²) in [6.45, 7) is 4.03. The standard InChI is InChI=1S/C18H24NO5P/c1-4-23-25(21,24-5-2)18(19-15-9-7-6-8-10-15)14-11-12-16(20)17(13-14)22-3/h6-13,18-20H,4-5H2,1-3H3. The Labute approximate surface area is 148 Å². The lowest BCUT2D eigenvalue weighted by molar-refractivity contribution is 0.214. The maximum atomic E-state index is 13.4. The van der Waals surface area contributed by atoms with Gasteiger partial charge in [0.05, 0.1) is 20.3 Å². The molecule has 1 atom stereocenters. The van der Waals surface area contributed by atoms with Crippen molar-refractivity contribution in [3.63, 3.8) is 0 Å². The largest absolute Gasteiger partial charge is 0.504 e. The molecule has 0 fully saturated rings. The van der Waals surface area contributed by atoms with E-state index in [1.165, 1.54) is 13.2 Å². The van der Waals surface area contributed by atoms with Gasteiger partial charge in [0, 0.05) is 5.69 Å². The van der Waals surface area contributed by atoms with Gasteiger partial charge in [-0.3, -0.25) is 4.57 Å². The number of phenolic OH excluding ortho intramolecular Hbond substituents is 1. The van der Waals surface area contributed by atoms with E-state index in [0.717, 1.165) is 5.69 Å². The zero-order chi connectivity index (χ0) is 18.3. The quantitative estimate of drug-likeness (QED) is 0.623. The minimum absolute atomic E-state index is 0.00682. The van der Waals surface area contributed by atoms with Crippen molar-refractivity contribution in [3.8, 4) is 11.5 Å². The third-order valence-corrected chi connectivity index (χ3v) is 5.83. The first kappa shape index (κ1) is 19.3. The monoisotopic (exact) mass is 365 g/mol. The fourth-order valence-electron chi connectivity index (χ4n) is 2.45. The Morgan fingerprint density at radius 1 is 1.08 bits per heavy atom. The van der Waals surface area contributed by atoms with E-state index in [4.69, 9.17) is 13.8 Å². The number of rotatable bonds is 9. The van der Waals surface area contributed by atoms with Gasteiger partial charge in [-0.1, -0.05) is 24.3 Å². The molecule has 0 aliphatic rings. The Hall–Kier alpha value is -2.01. The van der Waals surface area contributed by atoms with Crippen LogP contribution in [0.2, 0.25) is 0 Å². The van der Waals surface area contributed by atoms with Crippen molar-refractivity contribution in [2.45, 2.75) is 19.6 Å². The number of anilines is 1. The Morgan fingerprint density at radius 2 is 1.72 bits per heavy atom. The number of aromatic hydroxyl groups is 1. The van der Waals surface area contributed by atoms with Crippen molar-refractivity contribution in [2.75, 3.05) is 25.6 Å². The topological polar surface area (TPSA) is 77.0 Å². The molecule has 2 aromatic rings. The van der Waals surface area contributed by atoms with Crippen LogP contribution in [-0.4, -0.2) is 25.4 Å². The van der Waals surface area contributed by atoms with Crippen LogP contribution in [0.1, 0.15) is 25.2 Å². The minimum atomic E-state index is -3.51. The molecule has 2 rings (SSSR count). The summed E-state index contributed by atoms with van der Waals surface area (Å²) >= 11 is 0. The predicted molar refractivity (Wildman–Crippen MR) is 98.3 cm³/mol. The SMILES string of the molecule is CCOP(=O)(OCC)C(Nc1ccccc1)c1ccc(O)c(OC)c1. The van der Waals surface area contributed by atoms with Gasteiger partial charge in [-0.2, -0.15) is 0 Å². The molecular weight excluding hydrogens is 341 g/mol. The van der Waals surface area contributed by atoms with Crippen molar-refractivity contribution in [1.82, 2.24) is 0 Å². The van der Waals surface area contributed by atoms with Crippen LogP contribution in [0.15, 0.2) is 48.5 Å². The van der Waals surface area contributed by atoms with Crippen LogP contribution in [0, 0.1) is 0 Å². The van der Waals surface area contributed by atoms with Crippen molar-refractivity contribution in [2.24, 2.45) is 0 Å². The molecule has 0 saturated heterocycles. The zero-order valence-corrected chi connectivity index (χ0v) is 15.5. The van der Waals surface area contributed by atoms with Gasteiger partial charge in [0.1, 0.15) is 0 Å². The number of hydrogen-bond acceptors (Lipinski definition) is 6. The van der Waals surface area contributed by atoms with Crippen LogP contribution in [0.3, 0.4) is 0 Å². The number of hydrogen-bond donors (Lipinski definition) is 2. The zero-order valence-electron chi connectivity index (χ0n) is 14.6. The van der Waals surface area contributed by atoms with Gasteiger partial charge >= 0.3 is 7.60 Å². The van der Waals surface area contributed by atoms with Crippen LogP contribution >= 0.6 is 7.60 Å². The Morgan fingerprint density at radius 3 is 2.28 bits per heavy atom. The third kappa shape index (κ3) is 4.75. The van der Waals surface area contributed by atoms with Crippen molar-refractivity contribution in [3.05, 3.63) is 54.1 Å². The van der Waals surface area contributed by atoms with Gasteiger partial charge in [0.2, 0.25) is 0 Å². The summed E-state index contributed by atoms with van der Waals surface area (Å²) in [5, 5.41) is 13.1. The molecular formula is C18H24NO5P. The molecule has 2 N–H and O–H groups in total. The van der Waals surface area contributed by atoms with Crippen molar-refractivity contribution < 1.29 is 23.5 Å². The molecule has 0 aliphatic carbocycles. The fourth-order valence-corrected chi connectivity index (χ4v) is 4.37. The van der Waals surface area contributed by atoms with E-state index in [-0.39, 0.29) is 24.7 Å². The number of phenols is 1. The van der Waals surface area contributed by atoms with Crippen LogP contribution in [0.25, 0.3) is 0 Å².